The maximum absolute atomic E-state index is 11.9. The lowest BCUT2D eigenvalue weighted by Gasteiger charge is -2.15. The number of fused-ring (bicyclic) bond motifs is 1. The molecule has 0 spiro atoms. The summed E-state index contributed by atoms with van der Waals surface area (Å²) >= 11 is 11.8. The summed E-state index contributed by atoms with van der Waals surface area (Å²) < 4.78 is 5.46. The quantitative estimate of drug-likeness (QED) is 0.716. The van der Waals surface area contributed by atoms with Gasteiger partial charge in [-0.2, -0.15) is 0 Å². The summed E-state index contributed by atoms with van der Waals surface area (Å²) in [5.74, 6) is 0.119. The molecule has 2 N–H and O–H groups in total. The molecule has 0 aromatic heterocycles. The predicted molar refractivity (Wildman–Crippen MR) is 59.9 cm³/mol. The molecule has 0 unspecified atom stereocenters. The molecule has 1 heterocycles. The normalized spacial score (nSPS) is 17.5. The second kappa shape index (κ2) is 3.03. The Morgan fingerprint density at radius 2 is 1.93 bits per heavy atom. The van der Waals surface area contributed by atoms with Crippen LogP contribution in [0.5, 0.6) is 5.75 Å². The number of hydrogen-bond acceptors (Lipinski definition) is 3. The fraction of sp³-hybridized carbons (Fsp3) is 0.300. The second-order valence-electron chi connectivity index (χ2n) is 3.90. The first kappa shape index (κ1) is 10.6. The molecular weight excluding hydrogens is 237 g/mol. The van der Waals surface area contributed by atoms with E-state index >= 15 is 0 Å². The van der Waals surface area contributed by atoms with Crippen molar-refractivity contribution in [2.24, 2.45) is 0 Å². The summed E-state index contributed by atoms with van der Waals surface area (Å²) in [6.45, 7) is 3.33. The molecule has 5 heteroatoms. The molecule has 0 atom stereocenters. The summed E-state index contributed by atoms with van der Waals surface area (Å²) in [5.41, 5.74) is 5.37. The Bertz CT molecular complexity index is 469. The third kappa shape index (κ3) is 1.38. The van der Waals surface area contributed by atoms with E-state index in [1.165, 1.54) is 6.07 Å². The lowest BCUT2D eigenvalue weighted by atomic mass is 9.99. The van der Waals surface area contributed by atoms with Crippen LogP contribution in [0.25, 0.3) is 0 Å². The van der Waals surface area contributed by atoms with Crippen molar-refractivity contribution in [3.8, 4) is 5.75 Å². The molecule has 0 fully saturated rings. The van der Waals surface area contributed by atoms with Gasteiger partial charge in [0.05, 0.1) is 21.3 Å². The lowest BCUT2D eigenvalue weighted by molar-refractivity contribution is 0.0686. The van der Waals surface area contributed by atoms with Crippen LogP contribution < -0.4 is 10.5 Å². The molecule has 2 rings (SSSR count). The molecule has 1 aromatic rings. The van der Waals surface area contributed by atoms with E-state index in [0.717, 1.165) is 0 Å². The number of anilines is 1. The number of carbonyl (C=O) groups excluding carboxylic acids is 1. The van der Waals surface area contributed by atoms with Gasteiger partial charge in [0, 0.05) is 0 Å². The molecule has 0 bridgehead atoms. The molecule has 3 nitrogen and oxygen atoms in total. The van der Waals surface area contributed by atoms with Crippen molar-refractivity contribution >= 4 is 34.7 Å². The van der Waals surface area contributed by atoms with Crippen LogP contribution in [0.3, 0.4) is 0 Å². The number of carbonyl (C=O) groups is 1. The highest BCUT2D eigenvalue weighted by Gasteiger charge is 2.42. The zero-order chi connectivity index (χ0) is 11.4. The van der Waals surface area contributed by atoms with Gasteiger partial charge in [0.2, 0.25) is 5.78 Å². The Morgan fingerprint density at radius 3 is 2.53 bits per heavy atom. The number of hydrogen-bond donors (Lipinski definition) is 1. The standard InChI is InChI=1S/C10H9Cl2NO2/c1-10(2)9(14)6-4(11)3-5(12)7(13)8(6)15-10/h3H,13H2,1-2H3. The monoisotopic (exact) mass is 245 g/mol. The Balaban J connectivity index is 2.74. The molecule has 1 aromatic carbocycles. The topological polar surface area (TPSA) is 52.3 Å². The van der Waals surface area contributed by atoms with Gasteiger partial charge in [-0.3, -0.25) is 4.79 Å². The van der Waals surface area contributed by atoms with E-state index in [4.69, 9.17) is 33.7 Å². The Hall–Kier alpha value is -0.930. The number of halogens is 2. The van der Waals surface area contributed by atoms with E-state index in [1.54, 1.807) is 13.8 Å². The van der Waals surface area contributed by atoms with Gasteiger partial charge in [-0.05, 0) is 19.9 Å². The van der Waals surface area contributed by atoms with Crippen LogP contribution in [0.2, 0.25) is 10.0 Å². The number of ketones is 1. The number of rotatable bonds is 0. The first-order valence-electron chi connectivity index (χ1n) is 4.36. The van der Waals surface area contributed by atoms with Crippen LogP contribution in [0.4, 0.5) is 5.69 Å². The zero-order valence-corrected chi connectivity index (χ0v) is 9.74. The van der Waals surface area contributed by atoms with Crippen LogP contribution >= 0.6 is 23.2 Å². The third-order valence-electron chi connectivity index (χ3n) is 2.35. The lowest BCUT2D eigenvalue weighted by Crippen LogP contribution is -2.32. The summed E-state index contributed by atoms with van der Waals surface area (Å²) in [6, 6.07) is 1.46. The first-order valence-corrected chi connectivity index (χ1v) is 5.11. The minimum absolute atomic E-state index is 0.175. The van der Waals surface area contributed by atoms with E-state index in [0.29, 0.717) is 16.3 Å². The molecule has 0 saturated heterocycles. The number of ether oxygens (including phenoxy) is 1. The van der Waals surface area contributed by atoms with Crippen LogP contribution in [-0.2, 0) is 0 Å². The van der Waals surface area contributed by atoms with Crippen LogP contribution in [0, 0.1) is 0 Å². The maximum atomic E-state index is 11.9. The summed E-state index contributed by atoms with van der Waals surface area (Å²) in [6.07, 6.45) is 0. The van der Waals surface area contributed by atoms with Crippen molar-refractivity contribution in [3.63, 3.8) is 0 Å². The Morgan fingerprint density at radius 1 is 1.33 bits per heavy atom. The summed E-state index contributed by atoms with van der Waals surface area (Å²) in [5, 5.41) is 0.573. The molecule has 0 amide bonds. The number of Topliss-reactive ketones (excluding diaryl/α,β-unsaturated/α-hetero) is 1. The van der Waals surface area contributed by atoms with E-state index in [-0.39, 0.29) is 16.5 Å². The number of benzene rings is 1. The van der Waals surface area contributed by atoms with E-state index in [1.807, 2.05) is 0 Å². The minimum atomic E-state index is -0.926. The second-order valence-corrected chi connectivity index (χ2v) is 4.71. The van der Waals surface area contributed by atoms with Gasteiger partial charge in [0.1, 0.15) is 0 Å². The smallest absolute Gasteiger partial charge is 0.211 e. The summed E-state index contributed by atoms with van der Waals surface area (Å²) in [4.78, 5) is 11.9. The van der Waals surface area contributed by atoms with Gasteiger partial charge in [-0.15, -0.1) is 0 Å². The van der Waals surface area contributed by atoms with Gasteiger partial charge in [0.15, 0.2) is 11.4 Å². The molecule has 0 aliphatic carbocycles. The third-order valence-corrected chi connectivity index (χ3v) is 2.96. The van der Waals surface area contributed by atoms with E-state index in [2.05, 4.69) is 0 Å². The molecule has 1 aliphatic heterocycles. The largest absolute Gasteiger partial charge is 0.477 e. The van der Waals surface area contributed by atoms with E-state index in [9.17, 15) is 4.79 Å². The zero-order valence-electron chi connectivity index (χ0n) is 8.23. The van der Waals surface area contributed by atoms with Gasteiger partial charge in [-0.1, -0.05) is 23.2 Å². The summed E-state index contributed by atoms with van der Waals surface area (Å²) in [7, 11) is 0. The van der Waals surface area contributed by atoms with Crippen molar-refractivity contribution in [1.29, 1.82) is 0 Å². The molecule has 15 heavy (non-hydrogen) atoms. The van der Waals surface area contributed by atoms with Crippen LogP contribution in [0.1, 0.15) is 24.2 Å². The molecule has 1 aliphatic rings. The molecule has 0 saturated carbocycles. The SMILES string of the molecule is CC1(C)Oc2c(N)c(Cl)cc(Cl)c2C1=O. The van der Waals surface area contributed by atoms with Gasteiger partial charge >= 0.3 is 0 Å². The van der Waals surface area contributed by atoms with Gasteiger partial charge in [-0.25, -0.2) is 0 Å². The van der Waals surface area contributed by atoms with Crippen molar-refractivity contribution in [2.45, 2.75) is 19.4 Å². The maximum Gasteiger partial charge on any atom is 0.211 e. The highest BCUT2D eigenvalue weighted by molar-refractivity contribution is 6.39. The Kier molecular flexibility index (Phi) is 2.14. The van der Waals surface area contributed by atoms with Crippen molar-refractivity contribution in [3.05, 3.63) is 21.7 Å². The van der Waals surface area contributed by atoms with Crippen molar-refractivity contribution < 1.29 is 9.53 Å². The molecular formula is C10H9Cl2NO2. The average molecular weight is 246 g/mol. The highest BCUT2D eigenvalue weighted by atomic mass is 35.5. The van der Waals surface area contributed by atoms with Crippen LogP contribution in [-0.4, -0.2) is 11.4 Å². The van der Waals surface area contributed by atoms with Gasteiger partial charge < -0.3 is 10.5 Å². The van der Waals surface area contributed by atoms with Gasteiger partial charge in [0.25, 0.3) is 0 Å². The predicted octanol–water partition coefficient (Wildman–Crippen LogP) is 2.93. The van der Waals surface area contributed by atoms with E-state index < -0.39 is 5.60 Å². The minimum Gasteiger partial charge on any atom is -0.477 e. The fourth-order valence-electron chi connectivity index (χ4n) is 1.53. The molecule has 0 radical (unpaired) electrons. The number of nitrogen functional groups attached to an aromatic ring is 1. The number of nitrogens with two attached hydrogens (primary N) is 1. The average Bonchev–Trinajstić information content (AvgIpc) is 2.35. The first-order chi connectivity index (χ1) is 6.84. The fourth-order valence-corrected chi connectivity index (χ4v) is 2.06. The molecule has 80 valence electrons. The van der Waals surface area contributed by atoms with Crippen LogP contribution in [0.15, 0.2) is 6.07 Å². The Labute approximate surface area is 97.1 Å². The highest BCUT2D eigenvalue weighted by Crippen LogP contribution is 2.45. The van der Waals surface area contributed by atoms with Crippen molar-refractivity contribution in [1.82, 2.24) is 0 Å². The van der Waals surface area contributed by atoms with Crippen molar-refractivity contribution in [2.75, 3.05) is 5.73 Å².